The number of hydrogen-bond donors (Lipinski definition) is 1. The molecule has 0 amide bonds. The molecule has 0 aliphatic carbocycles. The summed E-state index contributed by atoms with van der Waals surface area (Å²) in [5.41, 5.74) is 3.66. The highest BCUT2D eigenvalue weighted by Gasteiger charge is 2.30. The molecule has 38 heavy (non-hydrogen) atoms. The van der Waals surface area contributed by atoms with Gasteiger partial charge in [-0.2, -0.15) is 0 Å². The number of halogens is 1. The number of rotatable bonds is 9. The van der Waals surface area contributed by atoms with Crippen molar-refractivity contribution < 1.29 is 8.42 Å². The van der Waals surface area contributed by atoms with Gasteiger partial charge in [0.25, 0.3) is 0 Å². The zero-order chi connectivity index (χ0) is 26.4. The highest BCUT2D eigenvalue weighted by Crippen LogP contribution is 2.31. The van der Waals surface area contributed by atoms with Crippen LogP contribution in [-0.4, -0.2) is 50.9 Å². The molecule has 1 saturated heterocycles. The Morgan fingerprint density at radius 3 is 1.58 bits per heavy atom. The van der Waals surface area contributed by atoms with Gasteiger partial charge in [0.2, 0.25) is 10.0 Å². The fourth-order valence-electron chi connectivity index (χ4n) is 5.21. The molecule has 1 fully saturated rings. The molecule has 0 saturated carbocycles. The van der Waals surface area contributed by atoms with Crippen LogP contribution >= 0.6 is 11.6 Å². The second-order valence-electron chi connectivity index (χ2n) is 9.53. The van der Waals surface area contributed by atoms with Crippen molar-refractivity contribution in [1.82, 2.24) is 14.5 Å². The monoisotopic (exact) mass is 545 g/mol. The van der Waals surface area contributed by atoms with Gasteiger partial charge in [-0.05, 0) is 41.0 Å². The molecule has 0 aromatic heterocycles. The normalized spacial score (nSPS) is 15.9. The van der Waals surface area contributed by atoms with Crippen molar-refractivity contribution in [2.45, 2.75) is 17.0 Å². The quantitative estimate of drug-likeness (QED) is 0.290. The van der Waals surface area contributed by atoms with E-state index in [1.807, 2.05) is 18.2 Å². The van der Waals surface area contributed by atoms with E-state index in [0.29, 0.717) is 5.02 Å². The Balaban J connectivity index is 1.33. The minimum absolute atomic E-state index is 0.0766. The van der Waals surface area contributed by atoms with Crippen LogP contribution in [0.5, 0.6) is 0 Å². The van der Waals surface area contributed by atoms with E-state index in [9.17, 15) is 8.42 Å². The highest BCUT2D eigenvalue weighted by molar-refractivity contribution is 7.89. The Bertz CT molecular complexity index is 1350. The minimum atomic E-state index is -3.66. The molecule has 1 aliphatic heterocycles. The van der Waals surface area contributed by atoms with Crippen molar-refractivity contribution in [1.29, 1.82) is 0 Å². The van der Waals surface area contributed by atoms with Crippen molar-refractivity contribution in [3.8, 4) is 0 Å². The van der Waals surface area contributed by atoms with Crippen LogP contribution in [0.2, 0.25) is 5.02 Å². The molecule has 4 aromatic carbocycles. The predicted octanol–water partition coefficient (Wildman–Crippen LogP) is 5.77. The first-order valence-corrected chi connectivity index (χ1v) is 14.8. The van der Waals surface area contributed by atoms with Crippen LogP contribution in [0.15, 0.2) is 120 Å². The summed E-state index contributed by atoms with van der Waals surface area (Å²) in [6, 6.07) is 37.8. The summed E-state index contributed by atoms with van der Waals surface area (Å²) in [6.07, 6.45) is 0. The third-order valence-corrected chi connectivity index (χ3v) is 8.85. The summed E-state index contributed by atoms with van der Waals surface area (Å²) in [6.45, 7) is 3.70. The van der Waals surface area contributed by atoms with Gasteiger partial charge in [0, 0.05) is 43.8 Å². The number of benzene rings is 4. The molecule has 5 nitrogen and oxygen atoms in total. The third-order valence-electron chi connectivity index (χ3n) is 7.16. The average molecular weight is 546 g/mol. The molecule has 1 aliphatic rings. The van der Waals surface area contributed by atoms with Gasteiger partial charge in [-0.3, -0.25) is 9.80 Å². The van der Waals surface area contributed by atoms with Crippen LogP contribution in [0, 0.1) is 0 Å². The van der Waals surface area contributed by atoms with Crippen LogP contribution in [0.1, 0.15) is 28.8 Å². The van der Waals surface area contributed by atoms with Gasteiger partial charge in [0.1, 0.15) is 0 Å². The van der Waals surface area contributed by atoms with E-state index < -0.39 is 10.0 Å². The molecule has 5 rings (SSSR count). The molecule has 0 bridgehead atoms. The molecular formula is C31H32ClN3O2S. The summed E-state index contributed by atoms with van der Waals surface area (Å²) in [5.74, 6) is 0. The van der Waals surface area contributed by atoms with Crippen LogP contribution < -0.4 is 4.72 Å². The maximum Gasteiger partial charge on any atom is 0.240 e. The van der Waals surface area contributed by atoms with Crippen LogP contribution in [0.25, 0.3) is 0 Å². The van der Waals surface area contributed by atoms with E-state index in [4.69, 9.17) is 11.6 Å². The van der Waals surface area contributed by atoms with Gasteiger partial charge in [0.15, 0.2) is 0 Å². The molecular weight excluding hydrogens is 514 g/mol. The van der Waals surface area contributed by atoms with Crippen molar-refractivity contribution in [3.63, 3.8) is 0 Å². The molecule has 4 aromatic rings. The van der Waals surface area contributed by atoms with E-state index in [-0.39, 0.29) is 23.5 Å². The van der Waals surface area contributed by atoms with Crippen LogP contribution in [0.4, 0.5) is 0 Å². The molecule has 0 unspecified atom stereocenters. The molecule has 1 atom stereocenters. The smallest absolute Gasteiger partial charge is 0.240 e. The number of nitrogens with zero attached hydrogens (tertiary/aromatic N) is 2. The van der Waals surface area contributed by atoms with E-state index in [2.05, 4.69) is 87.3 Å². The Morgan fingerprint density at radius 1 is 0.632 bits per heavy atom. The zero-order valence-electron chi connectivity index (χ0n) is 21.2. The first kappa shape index (κ1) is 26.6. The van der Waals surface area contributed by atoms with Gasteiger partial charge < -0.3 is 0 Å². The molecule has 7 heteroatoms. The van der Waals surface area contributed by atoms with Gasteiger partial charge in [-0.15, -0.1) is 0 Å². The topological polar surface area (TPSA) is 52.7 Å². The van der Waals surface area contributed by atoms with Crippen LogP contribution in [-0.2, 0) is 10.0 Å². The lowest BCUT2D eigenvalue weighted by atomic mass is 9.96. The Labute approximate surface area is 230 Å². The number of hydrogen-bond acceptors (Lipinski definition) is 4. The Kier molecular flexibility index (Phi) is 8.57. The number of sulfonamides is 1. The van der Waals surface area contributed by atoms with Crippen molar-refractivity contribution >= 4 is 21.6 Å². The van der Waals surface area contributed by atoms with Crippen molar-refractivity contribution in [2.24, 2.45) is 0 Å². The predicted molar refractivity (Wildman–Crippen MR) is 154 cm³/mol. The van der Waals surface area contributed by atoms with Gasteiger partial charge in [-0.25, -0.2) is 13.1 Å². The zero-order valence-corrected chi connectivity index (χ0v) is 22.7. The van der Waals surface area contributed by atoms with E-state index in [0.717, 1.165) is 31.7 Å². The minimum Gasteiger partial charge on any atom is -0.292 e. The van der Waals surface area contributed by atoms with Crippen molar-refractivity contribution in [2.75, 3.05) is 32.7 Å². The second-order valence-corrected chi connectivity index (χ2v) is 11.7. The molecule has 0 spiro atoms. The summed E-state index contributed by atoms with van der Waals surface area (Å²) >= 11 is 5.96. The highest BCUT2D eigenvalue weighted by atomic mass is 35.5. The van der Waals surface area contributed by atoms with Gasteiger partial charge in [0.05, 0.1) is 10.9 Å². The summed E-state index contributed by atoms with van der Waals surface area (Å²) in [4.78, 5) is 5.14. The standard InChI is InChI=1S/C31H32ClN3O2S/c32-28-16-18-29(19-17-28)38(36,37)33-24-30(25-10-4-1-5-11-25)34-20-22-35(23-21-34)31(26-12-6-2-7-13-26)27-14-8-3-9-15-27/h1-19,30-31,33H,20-24H2/t30-/m1/s1. The maximum atomic E-state index is 13.0. The van der Waals surface area contributed by atoms with Gasteiger partial charge >= 0.3 is 0 Å². The third kappa shape index (κ3) is 6.34. The molecule has 1 heterocycles. The summed E-state index contributed by atoms with van der Waals surface area (Å²) < 4.78 is 28.9. The molecule has 0 radical (unpaired) electrons. The lowest BCUT2D eigenvalue weighted by Gasteiger charge is -2.43. The fourth-order valence-corrected chi connectivity index (χ4v) is 6.38. The lowest BCUT2D eigenvalue weighted by molar-refractivity contribution is 0.0796. The van der Waals surface area contributed by atoms with E-state index in [1.54, 1.807) is 12.1 Å². The summed E-state index contributed by atoms with van der Waals surface area (Å²) in [5, 5.41) is 0.508. The van der Waals surface area contributed by atoms with Crippen LogP contribution in [0.3, 0.4) is 0 Å². The van der Waals surface area contributed by atoms with Gasteiger partial charge in [-0.1, -0.05) is 103 Å². The first-order valence-electron chi connectivity index (χ1n) is 12.9. The summed E-state index contributed by atoms with van der Waals surface area (Å²) in [7, 11) is -3.66. The SMILES string of the molecule is O=S(=O)(NC[C@H](c1ccccc1)N1CCN(C(c2ccccc2)c2ccccc2)CC1)c1ccc(Cl)cc1. The second kappa shape index (κ2) is 12.2. The maximum absolute atomic E-state index is 13.0. The average Bonchev–Trinajstić information content (AvgIpc) is 2.96. The first-order chi connectivity index (χ1) is 18.5. The Morgan fingerprint density at radius 2 is 1.08 bits per heavy atom. The largest absolute Gasteiger partial charge is 0.292 e. The Hall–Kier alpha value is -3.00. The fraction of sp³-hybridized carbons (Fsp3) is 0.226. The van der Waals surface area contributed by atoms with Crippen molar-refractivity contribution in [3.05, 3.63) is 137 Å². The lowest BCUT2D eigenvalue weighted by Crippen LogP contribution is -2.50. The van der Waals surface area contributed by atoms with E-state index >= 15 is 0 Å². The molecule has 1 N–H and O–H groups in total. The number of piperazine rings is 1. The van der Waals surface area contributed by atoms with E-state index in [1.165, 1.54) is 23.3 Å². The molecule has 196 valence electrons. The number of nitrogens with one attached hydrogen (secondary N) is 1.